The highest BCUT2D eigenvalue weighted by molar-refractivity contribution is 5.74. The maximum atomic E-state index is 2.42. The predicted molar refractivity (Wildman–Crippen MR) is 117 cm³/mol. The van der Waals surface area contributed by atoms with E-state index in [2.05, 4.69) is 105 Å². The van der Waals surface area contributed by atoms with Crippen LogP contribution < -0.4 is 4.90 Å². The van der Waals surface area contributed by atoms with Crippen molar-refractivity contribution in [3.8, 4) is 0 Å². The van der Waals surface area contributed by atoms with Crippen LogP contribution in [0, 0.1) is 27.7 Å². The molecule has 2 aromatic rings. The van der Waals surface area contributed by atoms with Gasteiger partial charge in [0.15, 0.2) is 0 Å². The molecule has 0 atom stereocenters. The Labute approximate surface area is 161 Å². The van der Waals surface area contributed by atoms with Crippen LogP contribution in [0.15, 0.2) is 24.3 Å². The van der Waals surface area contributed by atoms with E-state index in [1.54, 1.807) is 0 Å². The molecule has 0 N–H and O–H groups in total. The third-order valence-corrected chi connectivity index (χ3v) is 5.69. The van der Waals surface area contributed by atoms with Crippen LogP contribution in [0.5, 0.6) is 0 Å². The van der Waals surface area contributed by atoms with Crippen LogP contribution >= 0.6 is 0 Å². The number of nitrogens with zero attached hydrogens (tertiary/aromatic N) is 1. The van der Waals surface area contributed by atoms with Gasteiger partial charge in [0, 0.05) is 18.4 Å². The maximum absolute atomic E-state index is 2.42. The first kappa shape index (κ1) is 20.6. The molecule has 0 aromatic heterocycles. The van der Waals surface area contributed by atoms with Crippen LogP contribution in [0.1, 0.15) is 74.9 Å². The summed E-state index contributed by atoms with van der Waals surface area (Å²) in [4.78, 5) is 2.40. The molecule has 0 bridgehead atoms. The van der Waals surface area contributed by atoms with Crippen molar-refractivity contribution in [2.24, 2.45) is 0 Å². The summed E-state index contributed by atoms with van der Waals surface area (Å²) in [5, 5.41) is 0. The Morgan fingerprint density at radius 2 is 1.19 bits per heavy atom. The summed E-state index contributed by atoms with van der Waals surface area (Å²) in [5.74, 6) is 0. The minimum absolute atomic E-state index is 0.0888. The molecule has 0 saturated heterocycles. The molecule has 0 fully saturated rings. The highest BCUT2D eigenvalue weighted by Gasteiger charge is 2.25. The lowest BCUT2D eigenvalue weighted by atomic mass is 9.79. The molecule has 0 heterocycles. The molecule has 142 valence electrons. The van der Waals surface area contributed by atoms with Crippen molar-refractivity contribution in [1.29, 1.82) is 0 Å². The lowest BCUT2D eigenvalue weighted by molar-refractivity contribution is 0.569. The molecule has 0 amide bonds. The van der Waals surface area contributed by atoms with Crippen molar-refractivity contribution >= 4 is 11.4 Å². The summed E-state index contributed by atoms with van der Waals surface area (Å²) in [6.45, 7) is 22.7. The summed E-state index contributed by atoms with van der Waals surface area (Å²) in [5.41, 5.74) is 11.2. The maximum Gasteiger partial charge on any atom is 0.0472 e. The van der Waals surface area contributed by atoms with Crippen molar-refractivity contribution in [2.45, 2.75) is 80.1 Å². The van der Waals surface area contributed by atoms with Gasteiger partial charge in [-0.2, -0.15) is 0 Å². The molecule has 2 rings (SSSR count). The first-order valence-electron chi connectivity index (χ1n) is 9.71. The van der Waals surface area contributed by atoms with Crippen molar-refractivity contribution < 1.29 is 0 Å². The minimum atomic E-state index is 0.0888. The van der Waals surface area contributed by atoms with E-state index in [4.69, 9.17) is 0 Å². The zero-order valence-electron chi connectivity index (χ0n) is 18.8. The molecular weight excluding hydrogens is 314 g/mol. The highest BCUT2D eigenvalue weighted by Crippen LogP contribution is 2.40. The lowest BCUT2D eigenvalue weighted by Gasteiger charge is -2.33. The zero-order chi connectivity index (χ0) is 20.0. The van der Waals surface area contributed by atoms with Gasteiger partial charge in [-0.05, 0) is 78.0 Å². The van der Waals surface area contributed by atoms with Crippen LogP contribution in [0.25, 0.3) is 0 Å². The molecule has 1 nitrogen and oxygen atoms in total. The summed E-state index contributed by atoms with van der Waals surface area (Å²) in [7, 11) is 2.22. The summed E-state index contributed by atoms with van der Waals surface area (Å²) >= 11 is 0. The topological polar surface area (TPSA) is 3.24 Å². The first-order valence-corrected chi connectivity index (χ1v) is 9.71. The van der Waals surface area contributed by atoms with Gasteiger partial charge in [-0.1, -0.05) is 59.7 Å². The average Bonchev–Trinajstić information content (AvgIpc) is 2.51. The SMILES string of the molecule is Cc1cc(C)c(C)c(N(C)c2ccc(C(C)(C)C)cc2C(C)(C)C)c1C. The van der Waals surface area contributed by atoms with Gasteiger partial charge < -0.3 is 4.90 Å². The molecule has 26 heavy (non-hydrogen) atoms. The molecule has 0 spiro atoms. The molecule has 0 saturated carbocycles. The normalized spacial score (nSPS) is 12.4. The van der Waals surface area contributed by atoms with Gasteiger partial charge in [0.2, 0.25) is 0 Å². The van der Waals surface area contributed by atoms with Crippen molar-refractivity contribution in [3.63, 3.8) is 0 Å². The second-order valence-corrected chi connectivity index (χ2v) is 9.90. The number of hydrogen-bond acceptors (Lipinski definition) is 1. The minimum Gasteiger partial charge on any atom is -0.344 e. The van der Waals surface area contributed by atoms with E-state index in [-0.39, 0.29) is 10.8 Å². The molecule has 0 aliphatic heterocycles. The number of anilines is 2. The summed E-state index contributed by atoms with van der Waals surface area (Å²) in [6, 6.07) is 9.33. The van der Waals surface area contributed by atoms with E-state index in [9.17, 15) is 0 Å². The fourth-order valence-electron chi connectivity index (χ4n) is 3.72. The van der Waals surface area contributed by atoms with Gasteiger partial charge in [-0.15, -0.1) is 0 Å². The standard InChI is InChI=1S/C25H37N/c1-16-14-17(2)19(4)23(18(16)3)26(11)22-13-12-20(24(5,6)7)15-21(22)25(8,9)10/h12-15H,1-11H3. The first-order chi connectivity index (χ1) is 11.7. The Morgan fingerprint density at radius 3 is 1.62 bits per heavy atom. The molecule has 0 aliphatic carbocycles. The Kier molecular flexibility index (Phi) is 5.34. The van der Waals surface area contributed by atoms with Gasteiger partial charge in [0.1, 0.15) is 0 Å². The van der Waals surface area contributed by atoms with E-state index in [0.717, 1.165) is 0 Å². The third kappa shape index (κ3) is 3.82. The third-order valence-electron chi connectivity index (χ3n) is 5.69. The van der Waals surface area contributed by atoms with E-state index >= 15 is 0 Å². The van der Waals surface area contributed by atoms with Gasteiger partial charge in [0.05, 0.1) is 0 Å². The second kappa shape index (κ2) is 6.76. The van der Waals surface area contributed by atoms with E-state index < -0.39 is 0 Å². The van der Waals surface area contributed by atoms with Crippen LogP contribution in [0.2, 0.25) is 0 Å². The van der Waals surface area contributed by atoms with Crippen molar-refractivity contribution in [2.75, 3.05) is 11.9 Å². The number of hydrogen-bond donors (Lipinski definition) is 0. The van der Waals surface area contributed by atoms with Gasteiger partial charge >= 0.3 is 0 Å². The highest BCUT2D eigenvalue weighted by atomic mass is 15.1. The summed E-state index contributed by atoms with van der Waals surface area (Å²) in [6.07, 6.45) is 0. The van der Waals surface area contributed by atoms with Crippen molar-refractivity contribution in [1.82, 2.24) is 0 Å². The fourth-order valence-corrected chi connectivity index (χ4v) is 3.72. The van der Waals surface area contributed by atoms with Gasteiger partial charge in [-0.3, -0.25) is 0 Å². The number of benzene rings is 2. The van der Waals surface area contributed by atoms with Gasteiger partial charge in [-0.25, -0.2) is 0 Å². The Bertz CT molecular complexity index is 787. The molecule has 2 aromatic carbocycles. The Balaban J connectivity index is 2.73. The summed E-state index contributed by atoms with van der Waals surface area (Å²) < 4.78 is 0. The Morgan fingerprint density at radius 1 is 0.692 bits per heavy atom. The van der Waals surface area contributed by atoms with Crippen LogP contribution in [-0.2, 0) is 10.8 Å². The molecule has 0 aliphatic rings. The molecule has 1 heteroatoms. The quantitative estimate of drug-likeness (QED) is 0.549. The van der Waals surface area contributed by atoms with Crippen LogP contribution in [-0.4, -0.2) is 7.05 Å². The Hall–Kier alpha value is -1.76. The zero-order valence-corrected chi connectivity index (χ0v) is 18.8. The molecular formula is C25H37N. The monoisotopic (exact) mass is 351 g/mol. The van der Waals surface area contributed by atoms with Gasteiger partial charge in [0.25, 0.3) is 0 Å². The van der Waals surface area contributed by atoms with E-state index in [0.29, 0.717) is 0 Å². The average molecular weight is 352 g/mol. The van der Waals surface area contributed by atoms with E-state index in [1.807, 2.05) is 0 Å². The fraction of sp³-hybridized carbons (Fsp3) is 0.520. The van der Waals surface area contributed by atoms with Crippen LogP contribution in [0.3, 0.4) is 0 Å². The number of aryl methyl sites for hydroxylation is 2. The smallest absolute Gasteiger partial charge is 0.0472 e. The predicted octanol–water partition coefficient (Wildman–Crippen LogP) is 7.28. The van der Waals surface area contributed by atoms with Crippen LogP contribution in [0.4, 0.5) is 11.4 Å². The largest absolute Gasteiger partial charge is 0.344 e. The van der Waals surface area contributed by atoms with Crippen molar-refractivity contribution in [3.05, 3.63) is 57.6 Å². The van der Waals surface area contributed by atoms with E-state index in [1.165, 1.54) is 44.8 Å². The molecule has 0 unspecified atom stereocenters. The number of rotatable bonds is 2. The second-order valence-electron chi connectivity index (χ2n) is 9.90. The lowest BCUT2D eigenvalue weighted by Crippen LogP contribution is -2.22. The molecule has 0 radical (unpaired) electrons.